The molecule has 10 nitrogen and oxygen atoms in total. The molecule has 5 rings (SSSR count). The lowest BCUT2D eigenvalue weighted by molar-refractivity contribution is -0.140. The van der Waals surface area contributed by atoms with Gasteiger partial charge in [-0.1, -0.05) is 29.8 Å². The van der Waals surface area contributed by atoms with Crippen LogP contribution < -0.4 is 4.72 Å². The molecule has 1 atom stereocenters. The molecular weight excluding hydrogens is 657 g/mol. The molecule has 2 fully saturated rings. The van der Waals surface area contributed by atoms with Crippen LogP contribution in [0.2, 0.25) is 5.15 Å². The highest BCUT2D eigenvalue weighted by Gasteiger charge is 2.41. The van der Waals surface area contributed by atoms with E-state index in [4.69, 9.17) is 11.6 Å². The maximum absolute atomic E-state index is 13.9. The number of benzene rings is 2. The number of rotatable bonds is 7. The van der Waals surface area contributed by atoms with Crippen molar-refractivity contribution >= 4 is 43.3 Å². The summed E-state index contributed by atoms with van der Waals surface area (Å²) in [6, 6.07) is 10.1. The Morgan fingerprint density at radius 1 is 0.889 bits per heavy atom. The van der Waals surface area contributed by atoms with Gasteiger partial charge in [-0.2, -0.15) is 13.2 Å². The Kier molecular flexibility index (Phi) is 9.27. The predicted molar refractivity (Wildman–Crippen MR) is 157 cm³/mol. The number of likely N-dealkylation sites (tertiary alicyclic amines) is 2. The third-order valence-electron chi connectivity index (χ3n) is 7.81. The Balaban J connectivity index is 1.30. The van der Waals surface area contributed by atoms with Gasteiger partial charge in [0.2, 0.25) is 25.8 Å². The van der Waals surface area contributed by atoms with E-state index in [0.717, 1.165) is 6.07 Å². The van der Waals surface area contributed by atoms with Crippen molar-refractivity contribution in [3.05, 3.63) is 83.1 Å². The number of sulfone groups is 1. The Morgan fingerprint density at radius 2 is 1.58 bits per heavy atom. The molecular formula is C29H28ClF3N4O6S2. The third kappa shape index (κ3) is 7.00. The molecule has 16 heteroatoms. The molecule has 45 heavy (non-hydrogen) atoms. The molecule has 0 radical (unpaired) electrons. The van der Waals surface area contributed by atoms with E-state index in [1.807, 2.05) is 0 Å². The van der Waals surface area contributed by atoms with Gasteiger partial charge in [0.05, 0.1) is 25.8 Å². The standard InChI is InChI=1S/C29H28ClF3N4O6S2/c30-26-11-8-19(18-34-26)27(38)37-14-4-7-24(37)28(39)36-15-12-20(13-16-36)35-45(42,43)25-17-22(9-10-23(25)29(31,32)33)44(40,41)21-5-2-1-3-6-21/h1-3,5-6,8-11,17-18,20,24,35H,4,7,12-16H2/t24-/m0/s1. The quantitative estimate of drug-likeness (QED) is 0.370. The van der Waals surface area contributed by atoms with E-state index in [1.54, 1.807) is 6.07 Å². The molecule has 2 amide bonds. The van der Waals surface area contributed by atoms with Crippen molar-refractivity contribution in [3.8, 4) is 0 Å². The number of carbonyl (C=O) groups excluding carboxylic acids is 2. The summed E-state index contributed by atoms with van der Waals surface area (Å²) in [6.45, 7) is 0.567. The minimum Gasteiger partial charge on any atom is -0.341 e. The van der Waals surface area contributed by atoms with Crippen LogP contribution in [-0.2, 0) is 30.8 Å². The van der Waals surface area contributed by atoms with Gasteiger partial charge in [-0.3, -0.25) is 9.59 Å². The Hall–Kier alpha value is -3.53. The van der Waals surface area contributed by atoms with E-state index in [9.17, 15) is 39.6 Å². The van der Waals surface area contributed by atoms with Crippen LogP contribution in [0.25, 0.3) is 0 Å². The number of pyridine rings is 1. The highest BCUT2D eigenvalue weighted by Crippen LogP contribution is 2.36. The minimum atomic E-state index is -5.08. The van der Waals surface area contributed by atoms with Gasteiger partial charge in [0.25, 0.3) is 5.91 Å². The van der Waals surface area contributed by atoms with Crippen LogP contribution in [0.1, 0.15) is 41.6 Å². The van der Waals surface area contributed by atoms with Crippen LogP contribution in [0, 0.1) is 0 Å². The number of sulfonamides is 1. The van der Waals surface area contributed by atoms with Crippen molar-refractivity contribution in [1.29, 1.82) is 0 Å². The number of aromatic nitrogens is 1. The van der Waals surface area contributed by atoms with Crippen LogP contribution in [-0.4, -0.2) is 75.2 Å². The van der Waals surface area contributed by atoms with E-state index in [0.29, 0.717) is 31.5 Å². The molecule has 0 unspecified atom stereocenters. The van der Waals surface area contributed by atoms with Gasteiger partial charge >= 0.3 is 6.18 Å². The van der Waals surface area contributed by atoms with Gasteiger partial charge < -0.3 is 9.80 Å². The monoisotopic (exact) mass is 684 g/mol. The van der Waals surface area contributed by atoms with Crippen molar-refractivity contribution in [2.24, 2.45) is 0 Å². The van der Waals surface area contributed by atoms with Crippen molar-refractivity contribution < 1.29 is 39.6 Å². The highest BCUT2D eigenvalue weighted by atomic mass is 35.5. The topological polar surface area (TPSA) is 134 Å². The van der Waals surface area contributed by atoms with Gasteiger partial charge in [-0.15, -0.1) is 0 Å². The summed E-state index contributed by atoms with van der Waals surface area (Å²) >= 11 is 5.81. The second-order valence-corrected chi connectivity index (χ2v) is 14.7. The van der Waals surface area contributed by atoms with Crippen LogP contribution in [0.3, 0.4) is 0 Å². The van der Waals surface area contributed by atoms with Crippen LogP contribution in [0.15, 0.2) is 81.5 Å². The second-order valence-electron chi connectivity index (χ2n) is 10.7. The average Bonchev–Trinajstić information content (AvgIpc) is 3.51. The highest BCUT2D eigenvalue weighted by molar-refractivity contribution is 7.91. The SMILES string of the molecule is O=C([C@@H]1CCCN1C(=O)c1ccc(Cl)nc1)N1CCC(NS(=O)(=O)c2cc(S(=O)(=O)c3ccccc3)ccc2C(F)(F)F)CC1. The van der Waals surface area contributed by atoms with Gasteiger partial charge in [0.1, 0.15) is 11.2 Å². The average molecular weight is 685 g/mol. The number of nitrogens with one attached hydrogen (secondary N) is 1. The van der Waals surface area contributed by atoms with Crippen molar-refractivity contribution in [3.63, 3.8) is 0 Å². The van der Waals surface area contributed by atoms with Crippen LogP contribution >= 0.6 is 11.6 Å². The molecule has 2 saturated heterocycles. The third-order valence-corrected chi connectivity index (χ3v) is 11.4. The van der Waals surface area contributed by atoms with Crippen LogP contribution in [0.4, 0.5) is 13.2 Å². The molecule has 3 heterocycles. The predicted octanol–water partition coefficient (Wildman–Crippen LogP) is 4.16. The molecule has 0 bridgehead atoms. The number of halogens is 4. The molecule has 3 aromatic rings. The molecule has 1 aromatic heterocycles. The van der Waals surface area contributed by atoms with Crippen LogP contribution in [0.5, 0.6) is 0 Å². The van der Waals surface area contributed by atoms with Crippen molar-refractivity contribution in [2.75, 3.05) is 19.6 Å². The molecule has 2 aliphatic rings. The summed E-state index contributed by atoms with van der Waals surface area (Å²) < 4.78 is 96.8. The van der Waals surface area contributed by atoms with Crippen molar-refractivity contribution in [2.45, 2.75) is 58.6 Å². The lowest BCUT2D eigenvalue weighted by atomic mass is 10.0. The van der Waals surface area contributed by atoms with Gasteiger partial charge in [-0.25, -0.2) is 26.5 Å². The van der Waals surface area contributed by atoms with Gasteiger partial charge in [0, 0.05) is 31.9 Å². The smallest absolute Gasteiger partial charge is 0.341 e. The first-order valence-electron chi connectivity index (χ1n) is 13.9. The summed E-state index contributed by atoms with van der Waals surface area (Å²) in [5.74, 6) is -0.670. The molecule has 2 aliphatic heterocycles. The van der Waals surface area contributed by atoms with Gasteiger partial charge in [0.15, 0.2) is 0 Å². The molecule has 0 aliphatic carbocycles. The summed E-state index contributed by atoms with van der Waals surface area (Å²) in [6.07, 6.45) is -2.51. The number of alkyl halides is 3. The molecule has 1 N–H and O–H groups in total. The zero-order valence-electron chi connectivity index (χ0n) is 23.6. The molecule has 240 valence electrons. The Labute approximate surface area is 263 Å². The van der Waals surface area contributed by atoms with E-state index in [-0.39, 0.29) is 53.4 Å². The maximum Gasteiger partial charge on any atom is 0.417 e. The summed E-state index contributed by atoms with van der Waals surface area (Å²) in [7, 11) is -9.17. The van der Waals surface area contributed by atoms with E-state index in [2.05, 4.69) is 9.71 Å². The molecule has 0 spiro atoms. The first kappa shape index (κ1) is 32.9. The first-order chi connectivity index (χ1) is 21.2. The van der Waals surface area contributed by atoms with E-state index in [1.165, 1.54) is 52.4 Å². The minimum absolute atomic E-state index is 0.0933. The molecule has 0 saturated carbocycles. The number of carbonyl (C=O) groups is 2. The number of piperidine rings is 1. The lowest BCUT2D eigenvalue weighted by Crippen LogP contribution is -2.52. The Bertz CT molecular complexity index is 1800. The van der Waals surface area contributed by atoms with E-state index < -0.39 is 53.5 Å². The first-order valence-corrected chi connectivity index (χ1v) is 17.3. The fourth-order valence-electron chi connectivity index (χ4n) is 5.51. The summed E-state index contributed by atoms with van der Waals surface area (Å²) in [4.78, 5) is 31.3. The van der Waals surface area contributed by atoms with E-state index >= 15 is 0 Å². The number of hydrogen-bond acceptors (Lipinski definition) is 7. The zero-order valence-corrected chi connectivity index (χ0v) is 26.0. The number of nitrogens with zero attached hydrogens (tertiary/aromatic N) is 3. The number of hydrogen-bond donors (Lipinski definition) is 1. The Morgan fingerprint density at radius 3 is 2.20 bits per heavy atom. The fraction of sp³-hybridized carbons (Fsp3) is 0.345. The lowest BCUT2D eigenvalue weighted by Gasteiger charge is -2.35. The summed E-state index contributed by atoms with van der Waals surface area (Å²) in [5, 5.41) is 0.221. The molecule has 2 aromatic carbocycles. The largest absolute Gasteiger partial charge is 0.417 e. The maximum atomic E-state index is 13.9. The summed E-state index contributed by atoms with van der Waals surface area (Å²) in [5.41, 5.74) is -1.22. The normalized spacial score (nSPS) is 18.3. The van der Waals surface area contributed by atoms with Gasteiger partial charge in [-0.05, 0) is 68.1 Å². The fourth-order valence-corrected chi connectivity index (χ4v) is 8.56. The number of amides is 2. The van der Waals surface area contributed by atoms with Crippen molar-refractivity contribution in [1.82, 2.24) is 19.5 Å². The second kappa shape index (κ2) is 12.7. The zero-order chi connectivity index (χ0) is 32.6.